The van der Waals surface area contributed by atoms with Gasteiger partial charge in [-0.1, -0.05) is 6.07 Å². The van der Waals surface area contributed by atoms with Crippen molar-refractivity contribution >= 4 is 11.3 Å². The summed E-state index contributed by atoms with van der Waals surface area (Å²) in [7, 11) is 0. The van der Waals surface area contributed by atoms with Gasteiger partial charge in [0.2, 0.25) is 0 Å². The van der Waals surface area contributed by atoms with Gasteiger partial charge in [0.1, 0.15) is 0 Å². The Bertz CT molecular complexity index is 436. The SMILES string of the molecule is CCn1nccc1C(O)CCCc1cccs1. The Morgan fingerprint density at radius 3 is 3.06 bits per heavy atom. The van der Waals surface area contributed by atoms with Crippen LogP contribution in [0.1, 0.15) is 36.4 Å². The van der Waals surface area contributed by atoms with Crippen LogP contribution in [0, 0.1) is 0 Å². The van der Waals surface area contributed by atoms with Gasteiger partial charge in [-0.3, -0.25) is 4.68 Å². The second-order valence-electron chi connectivity index (χ2n) is 4.06. The van der Waals surface area contributed by atoms with Crippen LogP contribution in [0.15, 0.2) is 29.8 Å². The molecule has 0 saturated heterocycles. The predicted octanol–water partition coefficient (Wildman–Crippen LogP) is 3.02. The van der Waals surface area contributed by atoms with E-state index in [1.165, 1.54) is 4.88 Å². The van der Waals surface area contributed by atoms with Crippen molar-refractivity contribution in [3.05, 3.63) is 40.3 Å². The Hall–Kier alpha value is -1.13. The number of aryl methyl sites for hydroxylation is 2. The maximum Gasteiger partial charge on any atom is 0.0956 e. The van der Waals surface area contributed by atoms with Crippen molar-refractivity contribution in [1.82, 2.24) is 9.78 Å². The first-order chi connectivity index (χ1) is 8.31. The summed E-state index contributed by atoms with van der Waals surface area (Å²) in [5.41, 5.74) is 0.929. The molecule has 1 unspecified atom stereocenters. The van der Waals surface area contributed by atoms with Gasteiger partial charge in [0.05, 0.1) is 11.8 Å². The molecule has 17 heavy (non-hydrogen) atoms. The first kappa shape index (κ1) is 12.3. The average molecular weight is 250 g/mol. The lowest BCUT2D eigenvalue weighted by atomic mass is 10.1. The van der Waals surface area contributed by atoms with E-state index in [4.69, 9.17) is 0 Å². The normalized spacial score (nSPS) is 12.8. The minimum atomic E-state index is -0.391. The minimum absolute atomic E-state index is 0.391. The molecule has 3 nitrogen and oxygen atoms in total. The molecule has 2 aromatic rings. The summed E-state index contributed by atoms with van der Waals surface area (Å²) < 4.78 is 1.86. The quantitative estimate of drug-likeness (QED) is 0.855. The molecule has 92 valence electrons. The van der Waals surface area contributed by atoms with E-state index in [1.54, 1.807) is 17.5 Å². The monoisotopic (exact) mass is 250 g/mol. The molecule has 0 amide bonds. The van der Waals surface area contributed by atoms with E-state index in [-0.39, 0.29) is 0 Å². The van der Waals surface area contributed by atoms with Crippen molar-refractivity contribution in [2.24, 2.45) is 0 Å². The van der Waals surface area contributed by atoms with E-state index in [9.17, 15) is 5.11 Å². The third kappa shape index (κ3) is 3.17. The van der Waals surface area contributed by atoms with Crippen LogP contribution < -0.4 is 0 Å². The summed E-state index contributed by atoms with van der Waals surface area (Å²) in [6.07, 6.45) is 4.22. The van der Waals surface area contributed by atoms with Gasteiger partial charge >= 0.3 is 0 Å². The van der Waals surface area contributed by atoms with Crippen LogP contribution in [0.5, 0.6) is 0 Å². The number of aliphatic hydroxyl groups excluding tert-OH is 1. The Morgan fingerprint density at radius 2 is 2.35 bits per heavy atom. The molecule has 0 saturated carbocycles. The van der Waals surface area contributed by atoms with E-state index in [0.29, 0.717) is 0 Å². The molecule has 0 fully saturated rings. The molecule has 0 aliphatic heterocycles. The smallest absolute Gasteiger partial charge is 0.0956 e. The van der Waals surface area contributed by atoms with Gasteiger partial charge in [0.25, 0.3) is 0 Å². The first-order valence-corrected chi connectivity index (χ1v) is 6.91. The fourth-order valence-electron chi connectivity index (χ4n) is 1.96. The second kappa shape index (κ2) is 5.98. The Labute approximate surface area is 106 Å². The molecule has 1 atom stereocenters. The van der Waals surface area contributed by atoms with Gasteiger partial charge in [0.15, 0.2) is 0 Å². The highest BCUT2D eigenvalue weighted by molar-refractivity contribution is 7.09. The number of hydrogen-bond donors (Lipinski definition) is 1. The minimum Gasteiger partial charge on any atom is -0.387 e. The predicted molar refractivity (Wildman–Crippen MR) is 70.1 cm³/mol. The van der Waals surface area contributed by atoms with Gasteiger partial charge in [-0.05, 0) is 43.7 Å². The maximum atomic E-state index is 10.1. The summed E-state index contributed by atoms with van der Waals surface area (Å²) in [5.74, 6) is 0. The van der Waals surface area contributed by atoms with Crippen LogP contribution in [0.3, 0.4) is 0 Å². The summed E-state index contributed by atoms with van der Waals surface area (Å²) in [4.78, 5) is 1.39. The van der Waals surface area contributed by atoms with Crippen molar-refractivity contribution in [3.8, 4) is 0 Å². The molecule has 0 spiro atoms. The molecule has 4 heteroatoms. The molecule has 2 aromatic heterocycles. The molecule has 0 aliphatic rings. The highest BCUT2D eigenvalue weighted by Crippen LogP contribution is 2.20. The van der Waals surface area contributed by atoms with E-state index >= 15 is 0 Å². The van der Waals surface area contributed by atoms with Gasteiger partial charge in [-0.25, -0.2) is 0 Å². The second-order valence-corrected chi connectivity index (χ2v) is 5.09. The zero-order valence-electron chi connectivity index (χ0n) is 10.0. The van der Waals surface area contributed by atoms with Gasteiger partial charge < -0.3 is 5.11 Å². The van der Waals surface area contributed by atoms with Crippen molar-refractivity contribution in [2.75, 3.05) is 0 Å². The largest absolute Gasteiger partial charge is 0.387 e. The molecule has 0 aromatic carbocycles. The average Bonchev–Trinajstić information content (AvgIpc) is 2.99. The van der Waals surface area contributed by atoms with Crippen molar-refractivity contribution in [2.45, 2.75) is 38.8 Å². The van der Waals surface area contributed by atoms with E-state index in [2.05, 4.69) is 22.6 Å². The molecular formula is C13H18N2OS. The standard InChI is InChI=1S/C13H18N2OS/c1-2-15-12(8-9-14-15)13(16)7-3-5-11-6-4-10-17-11/h4,6,8-10,13,16H,2-3,5,7H2,1H3. The van der Waals surface area contributed by atoms with E-state index in [1.807, 2.05) is 17.7 Å². The topological polar surface area (TPSA) is 38.0 Å². The summed E-state index contributed by atoms with van der Waals surface area (Å²) in [6, 6.07) is 6.12. The van der Waals surface area contributed by atoms with Gasteiger partial charge in [-0.15, -0.1) is 11.3 Å². The summed E-state index contributed by atoms with van der Waals surface area (Å²) in [6.45, 7) is 2.85. The fourth-order valence-corrected chi connectivity index (χ4v) is 2.71. The molecule has 0 radical (unpaired) electrons. The lowest BCUT2D eigenvalue weighted by Gasteiger charge is -2.11. The molecule has 2 heterocycles. The highest BCUT2D eigenvalue weighted by Gasteiger charge is 2.11. The van der Waals surface area contributed by atoms with Crippen LogP contribution in [0.4, 0.5) is 0 Å². The lowest BCUT2D eigenvalue weighted by molar-refractivity contribution is 0.154. The third-order valence-electron chi connectivity index (χ3n) is 2.87. The van der Waals surface area contributed by atoms with Crippen molar-refractivity contribution in [3.63, 3.8) is 0 Å². The fraction of sp³-hybridized carbons (Fsp3) is 0.462. The lowest BCUT2D eigenvalue weighted by Crippen LogP contribution is -2.08. The van der Waals surface area contributed by atoms with Crippen molar-refractivity contribution < 1.29 is 5.11 Å². The Balaban J connectivity index is 1.83. The number of hydrogen-bond acceptors (Lipinski definition) is 3. The van der Waals surface area contributed by atoms with Crippen LogP contribution in [0.25, 0.3) is 0 Å². The molecule has 1 N–H and O–H groups in total. The molecule has 0 bridgehead atoms. The summed E-state index contributed by atoms with van der Waals surface area (Å²) >= 11 is 1.78. The van der Waals surface area contributed by atoms with E-state index < -0.39 is 6.10 Å². The molecule has 0 aliphatic carbocycles. The number of aromatic nitrogens is 2. The first-order valence-electron chi connectivity index (χ1n) is 6.03. The molecular weight excluding hydrogens is 232 g/mol. The van der Waals surface area contributed by atoms with Gasteiger partial charge in [-0.2, -0.15) is 5.10 Å². The zero-order chi connectivity index (χ0) is 12.1. The maximum absolute atomic E-state index is 10.1. The van der Waals surface area contributed by atoms with E-state index in [0.717, 1.165) is 31.5 Å². The Morgan fingerprint density at radius 1 is 1.47 bits per heavy atom. The Kier molecular flexibility index (Phi) is 4.34. The van der Waals surface area contributed by atoms with Crippen LogP contribution in [-0.2, 0) is 13.0 Å². The molecule has 2 rings (SSSR count). The summed E-state index contributed by atoms with van der Waals surface area (Å²) in [5, 5.41) is 16.4. The van der Waals surface area contributed by atoms with Crippen LogP contribution >= 0.6 is 11.3 Å². The van der Waals surface area contributed by atoms with Gasteiger partial charge in [0, 0.05) is 17.6 Å². The number of thiophene rings is 1. The van der Waals surface area contributed by atoms with Crippen LogP contribution in [-0.4, -0.2) is 14.9 Å². The number of rotatable bonds is 6. The third-order valence-corrected chi connectivity index (χ3v) is 3.81. The van der Waals surface area contributed by atoms with Crippen LogP contribution in [0.2, 0.25) is 0 Å². The highest BCUT2D eigenvalue weighted by atomic mass is 32.1. The zero-order valence-corrected chi connectivity index (χ0v) is 10.9. The van der Waals surface area contributed by atoms with Crippen molar-refractivity contribution in [1.29, 1.82) is 0 Å². The number of nitrogens with zero attached hydrogens (tertiary/aromatic N) is 2. The number of aliphatic hydroxyl groups is 1.